The number of nitrogens with zero attached hydrogens (tertiary/aromatic N) is 2. The first-order valence-corrected chi connectivity index (χ1v) is 8.98. The molecule has 0 aliphatic carbocycles. The van der Waals surface area contributed by atoms with Gasteiger partial charge in [-0.2, -0.15) is 0 Å². The molecule has 0 unspecified atom stereocenters. The molecule has 2 aromatic carbocycles. The quantitative estimate of drug-likeness (QED) is 0.710. The number of rotatable bonds is 6. The molecule has 144 valence electrons. The summed E-state index contributed by atoms with van der Waals surface area (Å²) < 4.78 is 10.5. The Morgan fingerprint density at radius 1 is 0.607 bits per heavy atom. The smallest absolute Gasteiger partial charge is 0.263 e. The number of amides is 4. The normalized spacial score (nSPS) is 15.8. The van der Waals surface area contributed by atoms with Crippen molar-refractivity contribution in [3.05, 3.63) is 46.5 Å². The summed E-state index contributed by atoms with van der Waals surface area (Å²) in [7, 11) is 0. The Morgan fingerprint density at radius 3 is 1.14 bits per heavy atom. The van der Waals surface area contributed by atoms with E-state index in [1.54, 1.807) is 13.8 Å². The van der Waals surface area contributed by atoms with Crippen molar-refractivity contribution >= 4 is 34.4 Å². The fourth-order valence-corrected chi connectivity index (χ4v) is 3.57. The first-order valence-electron chi connectivity index (χ1n) is 8.98. The van der Waals surface area contributed by atoms with Crippen LogP contribution in [0.5, 0.6) is 0 Å². The summed E-state index contributed by atoms with van der Waals surface area (Å²) >= 11 is 0. The van der Waals surface area contributed by atoms with Gasteiger partial charge in [-0.05, 0) is 38.1 Å². The van der Waals surface area contributed by atoms with Crippen LogP contribution in [0.25, 0.3) is 10.8 Å². The highest BCUT2D eigenvalue weighted by molar-refractivity contribution is 6.33. The Kier molecular flexibility index (Phi) is 4.44. The molecule has 2 aliphatic heterocycles. The van der Waals surface area contributed by atoms with Crippen molar-refractivity contribution < 1.29 is 28.7 Å². The zero-order valence-corrected chi connectivity index (χ0v) is 15.5. The maximum absolute atomic E-state index is 12.8. The summed E-state index contributed by atoms with van der Waals surface area (Å²) in [6.45, 7) is 3.94. The summed E-state index contributed by atoms with van der Waals surface area (Å²) in [6, 6.07) is 6.08. The molecule has 0 spiro atoms. The highest BCUT2D eigenvalue weighted by Crippen LogP contribution is 2.37. The fraction of sp³-hybridized carbons (Fsp3) is 0.300. The minimum Gasteiger partial charge on any atom is -0.361 e. The van der Waals surface area contributed by atoms with Crippen molar-refractivity contribution in [3.63, 3.8) is 0 Å². The van der Waals surface area contributed by atoms with Gasteiger partial charge >= 0.3 is 0 Å². The molecule has 0 saturated carbocycles. The summed E-state index contributed by atoms with van der Waals surface area (Å²) in [6.07, 6.45) is 0. The Hall–Kier alpha value is -3.10. The summed E-state index contributed by atoms with van der Waals surface area (Å²) in [5.74, 6) is -2.03. The molecular weight excluding hydrogens is 364 g/mol. The molecule has 2 aliphatic rings. The molecule has 2 aromatic rings. The molecule has 0 fully saturated rings. The second-order valence-electron chi connectivity index (χ2n) is 6.39. The summed E-state index contributed by atoms with van der Waals surface area (Å²) in [5, 5.41) is 0.686. The first kappa shape index (κ1) is 18.3. The number of hydrogen-bond acceptors (Lipinski definition) is 6. The standard InChI is InChI=1S/C20H18N2O6/c1-3-27-9-21-17(23)11-5-7-13-16-14(8-6-12(15(11)16)18(21)24)20(26)22(19(13)25)10-28-4-2/h5-8H,3-4,9-10H2,1-2H3. The molecule has 8 nitrogen and oxygen atoms in total. The van der Waals surface area contributed by atoms with Crippen molar-refractivity contribution in [1.29, 1.82) is 0 Å². The van der Waals surface area contributed by atoms with Crippen LogP contribution in [-0.4, -0.2) is 60.1 Å². The van der Waals surface area contributed by atoms with E-state index in [9.17, 15) is 19.2 Å². The van der Waals surface area contributed by atoms with Gasteiger partial charge in [-0.25, -0.2) is 0 Å². The van der Waals surface area contributed by atoms with Gasteiger partial charge in [0.2, 0.25) is 0 Å². The predicted octanol–water partition coefficient (Wildman–Crippen LogP) is 2.02. The van der Waals surface area contributed by atoms with Crippen molar-refractivity contribution in [3.8, 4) is 0 Å². The number of imide groups is 2. The third-order valence-electron chi connectivity index (χ3n) is 4.91. The minimum atomic E-state index is -0.508. The zero-order valence-electron chi connectivity index (χ0n) is 15.5. The molecule has 8 heteroatoms. The van der Waals surface area contributed by atoms with Crippen LogP contribution in [0.2, 0.25) is 0 Å². The van der Waals surface area contributed by atoms with Gasteiger partial charge in [0.1, 0.15) is 13.5 Å². The maximum Gasteiger partial charge on any atom is 0.263 e. The van der Waals surface area contributed by atoms with Crippen LogP contribution in [0, 0.1) is 0 Å². The third kappa shape index (κ3) is 2.45. The highest BCUT2D eigenvalue weighted by atomic mass is 16.5. The second-order valence-corrected chi connectivity index (χ2v) is 6.39. The highest BCUT2D eigenvalue weighted by Gasteiger charge is 2.39. The molecule has 0 radical (unpaired) electrons. The van der Waals surface area contributed by atoms with Gasteiger partial charge in [-0.15, -0.1) is 0 Å². The first-order chi connectivity index (χ1) is 13.5. The van der Waals surface area contributed by atoms with E-state index in [-0.39, 0.29) is 35.7 Å². The molecule has 0 atom stereocenters. The lowest BCUT2D eigenvalue weighted by atomic mass is 9.86. The lowest BCUT2D eigenvalue weighted by Crippen LogP contribution is -2.44. The monoisotopic (exact) mass is 382 g/mol. The van der Waals surface area contributed by atoms with Crippen molar-refractivity contribution in [2.24, 2.45) is 0 Å². The van der Waals surface area contributed by atoms with E-state index in [0.29, 0.717) is 24.0 Å². The molecule has 2 heterocycles. The number of hydrogen-bond donors (Lipinski definition) is 0. The topological polar surface area (TPSA) is 93.2 Å². The van der Waals surface area contributed by atoms with Crippen LogP contribution in [-0.2, 0) is 9.47 Å². The lowest BCUT2D eigenvalue weighted by Gasteiger charge is -2.31. The molecule has 28 heavy (non-hydrogen) atoms. The van der Waals surface area contributed by atoms with Crippen molar-refractivity contribution in [1.82, 2.24) is 9.80 Å². The predicted molar refractivity (Wildman–Crippen MR) is 97.9 cm³/mol. The summed E-state index contributed by atoms with van der Waals surface area (Å²) in [4.78, 5) is 53.4. The number of ether oxygens (including phenoxy) is 2. The van der Waals surface area contributed by atoms with Crippen LogP contribution in [0.15, 0.2) is 24.3 Å². The summed E-state index contributed by atoms with van der Waals surface area (Å²) in [5.41, 5.74) is 1.09. The number of carbonyl (C=O) groups excluding carboxylic acids is 4. The molecule has 0 aromatic heterocycles. The van der Waals surface area contributed by atoms with Crippen LogP contribution in [0.4, 0.5) is 0 Å². The fourth-order valence-electron chi connectivity index (χ4n) is 3.57. The van der Waals surface area contributed by atoms with Gasteiger partial charge in [0.25, 0.3) is 23.6 Å². The maximum atomic E-state index is 12.8. The Balaban J connectivity index is 1.91. The molecule has 0 saturated heterocycles. The largest absolute Gasteiger partial charge is 0.361 e. The molecule has 4 rings (SSSR count). The third-order valence-corrected chi connectivity index (χ3v) is 4.91. The van der Waals surface area contributed by atoms with Crippen molar-refractivity contribution in [2.45, 2.75) is 13.8 Å². The molecule has 0 bridgehead atoms. The average molecular weight is 382 g/mol. The van der Waals surface area contributed by atoms with Crippen LogP contribution in [0.1, 0.15) is 55.3 Å². The molecule has 0 N–H and O–H groups in total. The van der Waals surface area contributed by atoms with Crippen LogP contribution >= 0.6 is 0 Å². The van der Waals surface area contributed by atoms with E-state index in [2.05, 4.69) is 0 Å². The van der Waals surface area contributed by atoms with Gasteiger partial charge in [-0.1, -0.05) is 0 Å². The van der Waals surface area contributed by atoms with E-state index >= 15 is 0 Å². The SMILES string of the molecule is CCOCN1C(=O)c2ccc3c4c(ccc(c24)C1=O)C(=O)N(COCC)C3=O. The van der Waals surface area contributed by atoms with Gasteiger partial charge in [0, 0.05) is 46.2 Å². The van der Waals surface area contributed by atoms with Crippen molar-refractivity contribution in [2.75, 3.05) is 26.7 Å². The van der Waals surface area contributed by atoms with E-state index in [0.717, 1.165) is 9.80 Å². The Morgan fingerprint density at radius 2 is 0.893 bits per heavy atom. The van der Waals surface area contributed by atoms with E-state index in [1.165, 1.54) is 24.3 Å². The van der Waals surface area contributed by atoms with E-state index in [4.69, 9.17) is 9.47 Å². The van der Waals surface area contributed by atoms with Gasteiger partial charge in [0.05, 0.1) is 0 Å². The van der Waals surface area contributed by atoms with Gasteiger partial charge < -0.3 is 9.47 Å². The van der Waals surface area contributed by atoms with Gasteiger partial charge in [-0.3, -0.25) is 29.0 Å². The van der Waals surface area contributed by atoms with Crippen LogP contribution in [0.3, 0.4) is 0 Å². The second kappa shape index (κ2) is 6.81. The zero-order chi connectivity index (χ0) is 20.0. The lowest BCUT2D eigenvalue weighted by molar-refractivity contribution is 0.0230. The minimum absolute atomic E-state index is 0.154. The molecular formula is C20H18N2O6. The Labute approximate surface area is 160 Å². The average Bonchev–Trinajstić information content (AvgIpc) is 2.70. The Bertz CT molecular complexity index is 891. The van der Waals surface area contributed by atoms with Crippen LogP contribution < -0.4 is 0 Å². The van der Waals surface area contributed by atoms with E-state index < -0.39 is 23.6 Å². The van der Waals surface area contributed by atoms with Gasteiger partial charge in [0.15, 0.2) is 0 Å². The number of carbonyl (C=O) groups is 4. The molecule has 4 amide bonds. The van der Waals surface area contributed by atoms with E-state index in [1.807, 2.05) is 0 Å². The number of benzene rings is 2.